The summed E-state index contributed by atoms with van der Waals surface area (Å²) in [7, 11) is 0. The lowest BCUT2D eigenvalue weighted by atomic mass is 10.1. The predicted molar refractivity (Wildman–Crippen MR) is 126 cm³/mol. The third kappa shape index (κ3) is 4.82. The normalized spacial score (nSPS) is 12.5. The monoisotopic (exact) mass is 553 g/mol. The molecule has 0 N–H and O–H groups in total. The molecule has 1 aromatic heterocycles. The molecule has 0 saturated heterocycles. The highest BCUT2D eigenvalue weighted by molar-refractivity contribution is 9.10. The van der Waals surface area contributed by atoms with Crippen molar-refractivity contribution in [2.24, 2.45) is 5.10 Å². The summed E-state index contributed by atoms with van der Waals surface area (Å²) in [5.74, 6) is 0.369. The van der Waals surface area contributed by atoms with Crippen molar-refractivity contribution in [3.63, 3.8) is 0 Å². The maximum absolute atomic E-state index is 13.1. The molecule has 3 rings (SSSR count). The highest BCUT2D eigenvalue weighted by Gasteiger charge is 2.16. The van der Waals surface area contributed by atoms with Crippen molar-refractivity contribution in [1.29, 1.82) is 0 Å². The Hall–Kier alpha value is -2.03. The van der Waals surface area contributed by atoms with Gasteiger partial charge in [0.05, 0.1) is 26.6 Å². The maximum Gasteiger partial charge on any atom is 0.308 e. The van der Waals surface area contributed by atoms with E-state index in [4.69, 9.17) is 16.3 Å². The quantitative estimate of drug-likeness (QED) is 0.223. The van der Waals surface area contributed by atoms with Gasteiger partial charge in [-0.3, -0.25) is 9.59 Å². The molecule has 3 aromatic rings. The summed E-state index contributed by atoms with van der Waals surface area (Å²) in [5, 5.41) is 5.13. The van der Waals surface area contributed by atoms with Crippen molar-refractivity contribution in [2.75, 3.05) is 0 Å². The lowest BCUT2D eigenvalue weighted by Crippen LogP contribution is -2.23. The van der Waals surface area contributed by atoms with Gasteiger partial charge in [0, 0.05) is 17.3 Å². The molecule has 0 radical (unpaired) electrons. The number of aromatic nitrogens is 2. The van der Waals surface area contributed by atoms with Crippen molar-refractivity contribution >= 4 is 66.5 Å². The molecule has 156 valence electrons. The Kier molecular flexibility index (Phi) is 7.10. The van der Waals surface area contributed by atoms with E-state index in [0.29, 0.717) is 26.8 Å². The van der Waals surface area contributed by atoms with Crippen molar-refractivity contribution in [1.82, 2.24) is 9.66 Å². The second kappa shape index (κ2) is 9.41. The van der Waals surface area contributed by atoms with Crippen LogP contribution in [0.15, 0.2) is 49.2 Å². The number of carbonyl (C=O) groups is 1. The number of carbonyl (C=O) groups excluding carboxylic acids is 1. The lowest BCUT2D eigenvalue weighted by Gasteiger charge is -2.14. The highest BCUT2D eigenvalue weighted by Crippen LogP contribution is 2.34. The van der Waals surface area contributed by atoms with E-state index in [2.05, 4.69) is 41.9 Å². The number of rotatable bonds is 5. The molecule has 0 saturated carbocycles. The molecular weight excluding hydrogens is 538 g/mol. The van der Waals surface area contributed by atoms with Gasteiger partial charge in [0.25, 0.3) is 5.56 Å². The minimum atomic E-state index is -0.475. The molecule has 1 heterocycles. The molecule has 0 fully saturated rings. The molecule has 2 aromatic carbocycles. The first-order valence-corrected chi connectivity index (χ1v) is 11.1. The number of esters is 1. The van der Waals surface area contributed by atoms with Crippen molar-refractivity contribution in [3.05, 3.63) is 66.0 Å². The molecule has 0 aliphatic carbocycles. The smallest absolute Gasteiger partial charge is 0.308 e. The summed E-state index contributed by atoms with van der Waals surface area (Å²) in [6, 6.07) is 8.70. The number of halogens is 3. The van der Waals surface area contributed by atoms with E-state index < -0.39 is 5.97 Å². The Morgan fingerprint density at radius 3 is 2.70 bits per heavy atom. The van der Waals surface area contributed by atoms with Gasteiger partial charge in [0.15, 0.2) is 5.75 Å². The van der Waals surface area contributed by atoms with Crippen LogP contribution in [0.2, 0.25) is 5.02 Å². The first kappa shape index (κ1) is 22.7. The summed E-state index contributed by atoms with van der Waals surface area (Å²) >= 11 is 13.0. The molecule has 0 spiro atoms. The van der Waals surface area contributed by atoms with Gasteiger partial charge in [0.1, 0.15) is 5.82 Å². The minimum absolute atomic E-state index is 0.0320. The van der Waals surface area contributed by atoms with Crippen LogP contribution in [0.3, 0.4) is 0 Å². The Labute approximate surface area is 195 Å². The molecule has 0 aliphatic heterocycles. The molecular formula is C21H18Br2ClN3O3. The molecule has 9 heteroatoms. The van der Waals surface area contributed by atoms with E-state index in [1.807, 2.05) is 26.0 Å². The summed E-state index contributed by atoms with van der Waals surface area (Å²) in [6.07, 6.45) is 2.32. The van der Waals surface area contributed by atoms with Crippen LogP contribution in [0, 0.1) is 0 Å². The molecule has 0 amide bonds. The molecule has 1 atom stereocenters. The van der Waals surface area contributed by atoms with Crippen LogP contribution in [0.1, 0.15) is 44.5 Å². The summed E-state index contributed by atoms with van der Waals surface area (Å²) in [5.41, 5.74) is 0.995. The molecule has 6 nitrogen and oxygen atoms in total. The van der Waals surface area contributed by atoms with Crippen LogP contribution in [-0.4, -0.2) is 21.8 Å². The Bertz CT molecular complexity index is 1200. The second-order valence-corrected chi connectivity index (χ2v) is 8.89. The van der Waals surface area contributed by atoms with Crippen LogP contribution in [0.5, 0.6) is 5.75 Å². The van der Waals surface area contributed by atoms with Crippen LogP contribution in [0.4, 0.5) is 0 Å². The van der Waals surface area contributed by atoms with E-state index in [1.54, 1.807) is 18.2 Å². The highest BCUT2D eigenvalue weighted by atomic mass is 79.9. The van der Waals surface area contributed by atoms with Crippen molar-refractivity contribution < 1.29 is 9.53 Å². The molecule has 0 unspecified atom stereocenters. The number of ether oxygens (including phenoxy) is 1. The topological polar surface area (TPSA) is 73.6 Å². The average molecular weight is 556 g/mol. The first-order chi connectivity index (χ1) is 14.2. The molecule has 30 heavy (non-hydrogen) atoms. The van der Waals surface area contributed by atoms with E-state index in [-0.39, 0.29) is 22.2 Å². The predicted octanol–water partition coefficient (Wildman–Crippen LogP) is 5.90. The van der Waals surface area contributed by atoms with Gasteiger partial charge in [-0.05, 0) is 58.2 Å². The van der Waals surface area contributed by atoms with Crippen molar-refractivity contribution in [2.45, 2.75) is 33.1 Å². The zero-order valence-corrected chi connectivity index (χ0v) is 20.4. The molecule has 0 aliphatic rings. The second-order valence-electron chi connectivity index (χ2n) is 6.71. The number of hydrogen-bond donors (Lipinski definition) is 0. The Morgan fingerprint density at radius 2 is 2.07 bits per heavy atom. The fraction of sp³-hybridized carbons (Fsp3) is 0.238. The minimum Gasteiger partial charge on any atom is -0.424 e. The van der Waals surface area contributed by atoms with E-state index in [9.17, 15) is 9.59 Å². The fourth-order valence-electron chi connectivity index (χ4n) is 2.80. The Balaban J connectivity index is 2.12. The van der Waals surface area contributed by atoms with Gasteiger partial charge >= 0.3 is 5.97 Å². The third-order valence-corrected chi connectivity index (χ3v) is 5.84. The summed E-state index contributed by atoms with van der Waals surface area (Å²) < 4.78 is 7.72. The maximum atomic E-state index is 13.1. The standard InChI is InChI=1S/C21H18Br2ClN3O3/c1-4-11(2)20-26-18-6-5-14(22)9-15(18)21(29)27(20)25-10-13-7-16(23)19(17(24)8-13)30-12(3)28/h5-11H,4H2,1-3H3/t11-/m0/s1. The number of benzene rings is 2. The van der Waals surface area contributed by atoms with E-state index in [0.717, 1.165) is 10.9 Å². The van der Waals surface area contributed by atoms with Gasteiger partial charge in [0.2, 0.25) is 0 Å². The molecule has 0 bridgehead atoms. The third-order valence-electron chi connectivity index (χ3n) is 4.48. The first-order valence-electron chi connectivity index (χ1n) is 9.15. The Morgan fingerprint density at radius 1 is 1.33 bits per heavy atom. The zero-order chi connectivity index (χ0) is 22.0. The van der Waals surface area contributed by atoms with Crippen LogP contribution in [-0.2, 0) is 4.79 Å². The van der Waals surface area contributed by atoms with Gasteiger partial charge in [-0.1, -0.05) is 41.4 Å². The van der Waals surface area contributed by atoms with E-state index in [1.165, 1.54) is 17.8 Å². The van der Waals surface area contributed by atoms with Gasteiger partial charge in [-0.2, -0.15) is 9.78 Å². The number of fused-ring (bicyclic) bond motifs is 1. The largest absolute Gasteiger partial charge is 0.424 e. The fourth-order valence-corrected chi connectivity index (χ4v) is 4.10. The SMILES string of the molecule is CC[C@H](C)c1nc2ccc(Br)cc2c(=O)n1N=Cc1cc(Cl)c(OC(C)=O)c(Br)c1. The van der Waals surface area contributed by atoms with E-state index >= 15 is 0 Å². The van der Waals surface area contributed by atoms with Crippen LogP contribution < -0.4 is 10.3 Å². The number of hydrogen-bond acceptors (Lipinski definition) is 5. The lowest BCUT2D eigenvalue weighted by molar-refractivity contribution is -0.131. The van der Waals surface area contributed by atoms with Crippen molar-refractivity contribution in [3.8, 4) is 5.75 Å². The van der Waals surface area contributed by atoms with Gasteiger partial charge < -0.3 is 4.74 Å². The summed E-state index contributed by atoms with van der Waals surface area (Å²) in [6.45, 7) is 5.33. The van der Waals surface area contributed by atoms with Gasteiger partial charge in [-0.25, -0.2) is 4.98 Å². The zero-order valence-electron chi connectivity index (χ0n) is 16.4. The van der Waals surface area contributed by atoms with Crippen LogP contribution >= 0.6 is 43.5 Å². The van der Waals surface area contributed by atoms with Gasteiger partial charge in [-0.15, -0.1) is 0 Å². The average Bonchev–Trinajstić information content (AvgIpc) is 2.69. The summed E-state index contributed by atoms with van der Waals surface area (Å²) in [4.78, 5) is 29.1. The number of nitrogens with zero attached hydrogens (tertiary/aromatic N) is 3. The van der Waals surface area contributed by atoms with Crippen LogP contribution in [0.25, 0.3) is 10.9 Å².